The van der Waals surface area contributed by atoms with E-state index in [-0.39, 0.29) is 24.4 Å². The molecule has 0 aromatic rings. The summed E-state index contributed by atoms with van der Waals surface area (Å²) in [4.78, 5) is 0. The van der Waals surface area contributed by atoms with Gasteiger partial charge in [-0.05, 0) is 25.7 Å². The lowest BCUT2D eigenvalue weighted by atomic mass is 10.1. The first kappa shape index (κ1) is 32.6. The Morgan fingerprint density at radius 1 is 0.514 bits per heavy atom. The molecule has 0 spiro atoms. The van der Waals surface area contributed by atoms with Gasteiger partial charge in [-0.1, -0.05) is 154 Å². The standard InChI is InChI=1S/C34H62O3/c1-3-5-7-9-11-13-15-17-19-21-23-25-27-31(33-29-35-33)37-32(34-30-36-34)28-26-24-22-20-18-16-14-12-10-8-6-4-2/h25-28,31-34H,3-24,29-30H2,1-2H3. The predicted molar refractivity (Wildman–Crippen MR) is 159 cm³/mol. The zero-order chi connectivity index (χ0) is 26.2. The molecule has 2 fully saturated rings. The first-order valence-electron chi connectivity index (χ1n) is 16.6. The van der Waals surface area contributed by atoms with E-state index >= 15 is 0 Å². The summed E-state index contributed by atoms with van der Waals surface area (Å²) in [6, 6.07) is 0. The number of ether oxygens (including phenoxy) is 3. The molecule has 3 heteroatoms. The van der Waals surface area contributed by atoms with Crippen molar-refractivity contribution in [3.8, 4) is 0 Å². The SMILES string of the molecule is CCCCCCCCCCCCC=CC(OC(C=CCCCCCCCCCCCC)C1CO1)C1CO1. The number of epoxide rings is 2. The fraction of sp³-hybridized carbons (Fsp3) is 0.882. The molecule has 0 bridgehead atoms. The molecule has 216 valence electrons. The Kier molecular flexibility index (Phi) is 20.5. The zero-order valence-electron chi connectivity index (χ0n) is 24.8. The van der Waals surface area contributed by atoms with Gasteiger partial charge in [0.2, 0.25) is 0 Å². The molecular formula is C34H62O3. The first-order chi connectivity index (χ1) is 18.3. The molecule has 0 N–H and O–H groups in total. The highest BCUT2D eigenvalue weighted by molar-refractivity contribution is 5.03. The highest BCUT2D eigenvalue weighted by Gasteiger charge is 2.38. The molecule has 0 aromatic heterocycles. The topological polar surface area (TPSA) is 34.3 Å². The van der Waals surface area contributed by atoms with E-state index in [4.69, 9.17) is 14.2 Å². The van der Waals surface area contributed by atoms with Crippen LogP contribution >= 0.6 is 0 Å². The molecule has 0 amide bonds. The summed E-state index contributed by atoms with van der Waals surface area (Å²) in [5, 5.41) is 0. The normalized spacial score (nSPS) is 20.7. The van der Waals surface area contributed by atoms with Crippen molar-refractivity contribution in [3.05, 3.63) is 24.3 Å². The van der Waals surface area contributed by atoms with Gasteiger partial charge in [-0.2, -0.15) is 0 Å². The third-order valence-electron chi connectivity index (χ3n) is 7.87. The molecular weight excluding hydrogens is 456 g/mol. The van der Waals surface area contributed by atoms with Crippen LogP contribution in [0.1, 0.15) is 155 Å². The summed E-state index contributed by atoms with van der Waals surface area (Å²) in [6.45, 7) is 6.23. The van der Waals surface area contributed by atoms with Gasteiger partial charge in [0.05, 0.1) is 13.2 Å². The van der Waals surface area contributed by atoms with Crippen molar-refractivity contribution in [1.29, 1.82) is 0 Å². The summed E-state index contributed by atoms with van der Waals surface area (Å²) in [7, 11) is 0. The van der Waals surface area contributed by atoms with E-state index in [1.165, 1.54) is 128 Å². The summed E-state index contributed by atoms with van der Waals surface area (Å²) in [5.74, 6) is 0. The van der Waals surface area contributed by atoms with E-state index in [1.54, 1.807) is 0 Å². The average Bonchev–Trinajstić information content (AvgIpc) is 3.82. The minimum absolute atomic E-state index is 0.0688. The maximum Gasteiger partial charge on any atom is 0.111 e. The Balaban J connectivity index is 1.50. The van der Waals surface area contributed by atoms with Gasteiger partial charge < -0.3 is 14.2 Å². The smallest absolute Gasteiger partial charge is 0.111 e. The molecule has 2 aliphatic heterocycles. The minimum Gasteiger partial charge on any atom is -0.370 e. The first-order valence-corrected chi connectivity index (χ1v) is 16.6. The summed E-state index contributed by atoms with van der Waals surface area (Å²) < 4.78 is 17.7. The molecule has 4 atom stereocenters. The van der Waals surface area contributed by atoms with Gasteiger partial charge in [-0.15, -0.1) is 0 Å². The molecule has 0 radical (unpaired) electrons. The monoisotopic (exact) mass is 518 g/mol. The van der Waals surface area contributed by atoms with Crippen LogP contribution in [-0.4, -0.2) is 37.6 Å². The second-order valence-electron chi connectivity index (χ2n) is 11.6. The fourth-order valence-corrected chi connectivity index (χ4v) is 5.15. The molecule has 4 unspecified atom stereocenters. The Bertz CT molecular complexity index is 501. The van der Waals surface area contributed by atoms with E-state index in [0.717, 1.165) is 26.1 Å². The van der Waals surface area contributed by atoms with Crippen molar-refractivity contribution >= 4 is 0 Å². The molecule has 0 aromatic carbocycles. The number of hydrogen-bond donors (Lipinski definition) is 0. The molecule has 0 aliphatic carbocycles. The summed E-state index contributed by atoms with van der Waals surface area (Å²) in [5.41, 5.74) is 0. The number of allylic oxidation sites excluding steroid dienone is 2. The van der Waals surface area contributed by atoms with Gasteiger partial charge in [0.1, 0.15) is 24.4 Å². The molecule has 2 heterocycles. The Labute approximate surface area is 231 Å². The molecule has 37 heavy (non-hydrogen) atoms. The lowest BCUT2D eigenvalue weighted by molar-refractivity contribution is 0.0113. The second-order valence-corrected chi connectivity index (χ2v) is 11.6. The van der Waals surface area contributed by atoms with Crippen molar-refractivity contribution in [2.45, 2.75) is 180 Å². The number of hydrogen-bond acceptors (Lipinski definition) is 3. The molecule has 2 saturated heterocycles. The van der Waals surface area contributed by atoms with E-state index in [0.29, 0.717) is 0 Å². The van der Waals surface area contributed by atoms with Crippen LogP contribution in [0.4, 0.5) is 0 Å². The maximum atomic E-state index is 6.47. The third kappa shape index (κ3) is 19.1. The maximum absolute atomic E-state index is 6.47. The Morgan fingerprint density at radius 2 is 0.811 bits per heavy atom. The summed E-state index contributed by atoms with van der Waals surface area (Å²) in [6.07, 6.45) is 39.9. The van der Waals surface area contributed by atoms with Crippen molar-refractivity contribution in [2.24, 2.45) is 0 Å². The van der Waals surface area contributed by atoms with Crippen LogP contribution in [0.5, 0.6) is 0 Å². The highest BCUT2D eigenvalue weighted by atomic mass is 16.6. The van der Waals surface area contributed by atoms with Crippen LogP contribution in [0.3, 0.4) is 0 Å². The van der Waals surface area contributed by atoms with Crippen molar-refractivity contribution in [3.63, 3.8) is 0 Å². The van der Waals surface area contributed by atoms with E-state index in [1.807, 2.05) is 0 Å². The van der Waals surface area contributed by atoms with Gasteiger partial charge in [0.15, 0.2) is 0 Å². The van der Waals surface area contributed by atoms with Gasteiger partial charge in [-0.3, -0.25) is 0 Å². The van der Waals surface area contributed by atoms with Gasteiger partial charge in [0.25, 0.3) is 0 Å². The fourth-order valence-electron chi connectivity index (χ4n) is 5.15. The highest BCUT2D eigenvalue weighted by Crippen LogP contribution is 2.26. The van der Waals surface area contributed by atoms with Crippen LogP contribution in [0.2, 0.25) is 0 Å². The minimum atomic E-state index is 0.0688. The van der Waals surface area contributed by atoms with Crippen LogP contribution < -0.4 is 0 Å². The average molecular weight is 519 g/mol. The van der Waals surface area contributed by atoms with Crippen LogP contribution in [0.25, 0.3) is 0 Å². The quantitative estimate of drug-likeness (QED) is 0.0587. The van der Waals surface area contributed by atoms with Gasteiger partial charge in [0, 0.05) is 0 Å². The predicted octanol–water partition coefficient (Wildman–Crippen LogP) is 10.3. The van der Waals surface area contributed by atoms with Crippen LogP contribution in [-0.2, 0) is 14.2 Å². The van der Waals surface area contributed by atoms with Gasteiger partial charge >= 0.3 is 0 Å². The lowest BCUT2D eigenvalue weighted by Crippen LogP contribution is -2.27. The largest absolute Gasteiger partial charge is 0.370 e. The molecule has 2 rings (SSSR count). The summed E-state index contributed by atoms with van der Waals surface area (Å²) >= 11 is 0. The second kappa shape index (κ2) is 23.3. The van der Waals surface area contributed by atoms with E-state index < -0.39 is 0 Å². The molecule has 0 saturated carbocycles. The van der Waals surface area contributed by atoms with Crippen molar-refractivity contribution < 1.29 is 14.2 Å². The van der Waals surface area contributed by atoms with Crippen molar-refractivity contribution in [2.75, 3.05) is 13.2 Å². The van der Waals surface area contributed by atoms with Crippen molar-refractivity contribution in [1.82, 2.24) is 0 Å². The van der Waals surface area contributed by atoms with Crippen LogP contribution in [0.15, 0.2) is 24.3 Å². The van der Waals surface area contributed by atoms with Gasteiger partial charge in [-0.25, -0.2) is 0 Å². The van der Waals surface area contributed by atoms with Crippen LogP contribution in [0, 0.1) is 0 Å². The Morgan fingerprint density at radius 3 is 1.11 bits per heavy atom. The molecule has 2 aliphatic rings. The third-order valence-corrected chi connectivity index (χ3v) is 7.87. The number of rotatable bonds is 28. The Hall–Kier alpha value is -0.640. The molecule has 3 nitrogen and oxygen atoms in total. The zero-order valence-corrected chi connectivity index (χ0v) is 24.8. The lowest BCUT2D eigenvalue weighted by Gasteiger charge is -2.18. The van der Waals surface area contributed by atoms with E-state index in [2.05, 4.69) is 38.2 Å². The van der Waals surface area contributed by atoms with E-state index in [9.17, 15) is 0 Å². The number of unbranched alkanes of at least 4 members (excludes halogenated alkanes) is 20.